The molecule has 19 heavy (non-hydrogen) atoms. The maximum atomic E-state index is 12.5. The summed E-state index contributed by atoms with van der Waals surface area (Å²) in [6.45, 7) is 3.45. The molecule has 2 heterocycles. The Labute approximate surface area is 121 Å². The number of halogens is 1. The molecule has 0 saturated carbocycles. The van der Waals surface area contributed by atoms with E-state index in [1.807, 2.05) is 13.0 Å². The van der Waals surface area contributed by atoms with Crippen molar-refractivity contribution in [2.45, 2.75) is 24.8 Å². The van der Waals surface area contributed by atoms with Crippen molar-refractivity contribution in [2.24, 2.45) is 0 Å². The fraction of sp³-hybridized carbons (Fsp3) is 0.500. The van der Waals surface area contributed by atoms with Crippen molar-refractivity contribution in [3.8, 4) is 0 Å². The summed E-state index contributed by atoms with van der Waals surface area (Å²) >= 11 is 3.19. The highest BCUT2D eigenvalue weighted by Gasteiger charge is 2.29. The molecule has 0 amide bonds. The van der Waals surface area contributed by atoms with Gasteiger partial charge in [0.1, 0.15) is 10.7 Å². The van der Waals surface area contributed by atoms with Gasteiger partial charge in [0.15, 0.2) is 4.67 Å². The van der Waals surface area contributed by atoms with Gasteiger partial charge in [0.2, 0.25) is 10.0 Å². The number of rotatable bonds is 4. The fourth-order valence-electron chi connectivity index (χ4n) is 1.94. The van der Waals surface area contributed by atoms with Crippen LogP contribution in [0.5, 0.6) is 0 Å². The van der Waals surface area contributed by atoms with E-state index in [0.29, 0.717) is 25.4 Å². The number of nitrogens with one attached hydrogen (secondary N) is 1. The van der Waals surface area contributed by atoms with Gasteiger partial charge in [-0.25, -0.2) is 8.42 Å². The van der Waals surface area contributed by atoms with E-state index in [-0.39, 0.29) is 9.56 Å². The monoisotopic (exact) mass is 348 g/mol. The minimum Gasteiger partial charge on any atom is -0.452 e. The summed E-state index contributed by atoms with van der Waals surface area (Å²) in [7, 11) is -1.71. The van der Waals surface area contributed by atoms with Crippen molar-refractivity contribution in [3.05, 3.63) is 28.1 Å². The van der Waals surface area contributed by atoms with E-state index in [2.05, 4.69) is 21.2 Å². The molecule has 7 heteroatoms. The van der Waals surface area contributed by atoms with Gasteiger partial charge in [-0.15, -0.1) is 0 Å². The third kappa shape index (κ3) is 3.10. The number of furan rings is 1. The maximum Gasteiger partial charge on any atom is 0.247 e. The van der Waals surface area contributed by atoms with Crippen LogP contribution in [0.3, 0.4) is 0 Å². The zero-order valence-corrected chi connectivity index (χ0v) is 13.3. The Morgan fingerprint density at radius 2 is 2.26 bits per heavy atom. The second kappa shape index (κ2) is 5.78. The van der Waals surface area contributed by atoms with Crippen LogP contribution >= 0.6 is 15.9 Å². The molecule has 1 aromatic heterocycles. The van der Waals surface area contributed by atoms with Gasteiger partial charge in [0, 0.05) is 19.2 Å². The van der Waals surface area contributed by atoms with Gasteiger partial charge in [0.05, 0.1) is 6.54 Å². The average molecular weight is 349 g/mol. The van der Waals surface area contributed by atoms with Crippen LogP contribution in [0.1, 0.15) is 19.1 Å². The van der Waals surface area contributed by atoms with Crippen LogP contribution < -0.4 is 5.32 Å². The van der Waals surface area contributed by atoms with Crippen molar-refractivity contribution < 1.29 is 12.8 Å². The zero-order valence-electron chi connectivity index (χ0n) is 10.9. The van der Waals surface area contributed by atoms with Crippen molar-refractivity contribution >= 4 is 26.0 Å². The minimum absolute atomic E-state index is 0.200. The van der Waals surface area contributed by atoms with Crippen LogP contribution in [-0.4, -0.2) is 32.9 Å². The molecular formula is C12H17BrN2O3S. The molecule has 0 bridgehead atoms. The zero-order chi connectivity index (χ0) is 14.0. The van der Waals surface area contributed by atoms with E-state index in [1.54, 1.807) is 13.1 Å². The van der Waals surface area contributed by atoms with E-state index in [0.717, 1.165) is 6.42 Å². The van der Waals surface area contributed by atoms with Gasteiger partial charge in [-0.3, -0.25) is 0 Å². The van der Waals surface area contributed by atoms with Gasteiger partial charge in [-0.1, -0.05) is 11.6 Å². The fourth-order valence-corrected chi connectivity index (χ4v) is 4.29. The third-order valence-electron chi connectivity index (χ3n) is 3.07. The highest BCUT2D eigenvalue weighted by molar-refractivity contribution is 9.10. The Bertz CT molecular complexity index is 592. The molecule has 0 spiro atoms. The van der Waals surface area contributed by atoms with Crippen LogP contribution in [0.4, 0.5) is 0 Å². The third-order valence-corrected chi connectivity index (χ3v) is 5.80. The summed E-state index contributed by atoms with van der Waals surface area (Å²) in [4.78, 5) is 0.200. The Kier molecular flexibility index (Phi) is 4.50. The molecule has 0 atom stereocenters. The van der Waals surface area contributed by atoms with Gasteiger partial charge < -0.3 is 9.73 Å². The summed E-state index contributed by atoms with van der Waals surface area (Å²) in [6.07, 6.45) is 2.72. The lowest BCUT2D eigenvalue weighted by atomic mass is 10.1. The lowest BCUT2D eigenvalue weighted by Crippen LogP contribution is -2.34. The van der Waals surface area contributed by atoms with Gasteiger partial charge in [0.25, 0.3) is 0 Å². The average Bonchev–Trinajstić information content (AvgIpc) is 2.72. The largest absolute Gasteiger partial charge is 0.452 e. The lowest BCUT2D eigenvalue weighted by Gasteiger charge is -2.24. The van der Waals surface area contributed by atoms with Crippen LogP contribution in [-0.2, 0) is 16.6 Å². The predicted octanol–water partition coefficient (Wildman–Crippen LogP) is 2.10. The van der Waals surface area contributed by atoms with Crippen molar-refractivity contribution in [3.63, 3.8) is 0 Å². The van der Waals surface area contributed by atoms with Crippen LogP contribution in [0, 0.1) is 0 Å². The first-order valence-electron chi connectivity index (χ1n) is 6.03. The second-order valence-electron chi connectivity index (χ2n) is 4.54. The standard InChI is InChI=1S/C12H17BrN2O3S/c1-9-3-5-15(6-4-9)19(16,17)11-7-10(8-14-2)18-12(11)13/h3,7,14H,4-6,8H2,1-2H3. The van der Waals surface area contributed by atoms with Crippen molar-refractivity contribution in [2.75, 3.05) is 20.1 Å². The first-order chi connectivity index (χ1) is 8.95. The first-order valence-corrected chi connectivity index (χ1v) is 8.27. The molecule has 5 nitrogen and oxygen atoms in total. The molecule has 0 saturated heterocycles. The van der Waals surface area contributed by atoms with Crippen molar-refractivity contribution in [1.29, 1.82) is 0 Å². The second-order valence-corrected chi connectivity index (χ2v) is 7.17. The summed E-state index contributed by atoms with van der Waals surface area (Å²) < 4.78 is 32.2. The van der Waals surface area contributed by atoms with E-state index >= 15 is 0 Å². The Hall–Kier alpha value is -0.630. The van der Waals surface area contributed by atoms with E-state index < -0.39 is 10.0 Å². The van der Waals surface area contributed by atoms with E-state index in [9.17, 15) is 8.42 Å². The summed E-state index contributed by atoms with van der Waals surface area (Å²) in [5.74, 6) is 0.594. The number of hydrogen-bond acceptors (Lipinski definition) is 4. The summed E-state index contributed by atoms with van der Waals surface area (Å²) in [5, 5.41) is 2.93. The van der Waals surface area contributed by atoms with Crippen molar-refractivity contribution in [1.82, 2.24) is 9.62 Å². The van der Waals surface area contributed by atoms with Gasteiger partial charge >= 0.3 is 0 Å². The SMILES string of the molecule is CNCc1cc(S(=O)(=O)N2CC=C(C)CC2)c(Br)o1. The van der Waals surface area contributed by atoms with Crippen LogP contribution in [0.2, 0.25) is 0 Å². The molecule has 0 radical (unpaired) electrons. The smallest absolute Gasteiger partial charge is 0.247 e. The summed E-state index contributed by atoms with van der Waals surface area (Å²) in [6, 6.07) is 1.57. The molecular weight excluding hydrogens is 332 g/mol. The highest BCUT2D eigenvalue weighted by atomic mass is 79.9. The first kappa shape index (κ1) is 14.8. The molecule has 0 aromatic carbocycles. The normalized spacial score (nSPS) is 17.5. The van der Waals surface area contributed by atoms with Crippen LogP contribution in [0.15, 0.2) is 31.7 Å². The number of nitrogens with zero attached hydrogens (tertiary/aromatic N) is 1. The minimum atomic E-state index is -3.49. The van der Waals surface area contributed by atoms with Gasteiger partial charge in [-0.2, -0.15) is 4.31 Å². The number of hydrogen-bond donors (Lipinski definition) is 1. The van der Waals surface area contributed by atoms with E-state index in [1.165, 1.54) is 9.88 Å². The molecule has 0 fully saturated rings. The summed E-state index contributed by atoms with van der Waals surface area (Å²) in [5.41, 5.74) is 1.23. The molecule has 2 rings (SSSR count). The topological polar surface area (TPSA) is 62.6 Å². The number of sulfonamides is 1. The molecule has 1 aromatic rings. The molecule has 0 aliphatic carbocycles. The highest BCUT2D eigenvalue weighted by Crippen LogP contribution is 2.30. The molecule has 1 aliphatic rings. The molecule has 1 aliphatic heterocycles. The quantitative estimate of drug-likeness (QED) is 0.846. The molecule has 106 valence electrons. The Morgan fingerprint density at radius 3 is 2.84 bits per heavy atom. The lowest BCUT2D eigenvalue weighted by molar-refractivity contribution is 0.427. The Morgan fingerprint density at radius 1 is 1.53 bits per heavy atom. The van der Waals surface area contributed by atoms with E-state index in [4.69, 9.17) is 4.42 Å². The molecule has 1 N–H and O–H groups in total. The Balaban J connectivity index is 2.29. The predicted molar refractivity (Wildman–Crippen MR) is 76.3 cm³/mol. The van der Waals surface area contributed by atoms with Gasteiger partial charge in [-0.05, 0) is 36.3 Å². The molecule has 0 unspecified atom stereocenters. The van der Waals surface area contributed by atoms with Crippen LogP contribution in [0.25, 0.3) is 0 Å². The maximum absolute atomic E-state index is 12.5.